The molecule has 0 aliphatic heterocycles. The van der Waals surface area contributed by atoms with Crippen LogP contribution < -0.4 is 0 Å². The van der Waals surface area contributed by atoms with Crippen molar-refractivity contribution in [3.05, 3.63) is 0 Å². The second kappa shape index (κ2) is 2.85. The van der Waals surface area contributed by atoms with Crippen LogP contribution in [0.3, 0.4) is 0 Å². The zero-order valence-corrected chi connectivity index (χ0v) is 6.31. The zero-order valence-electron chi connectivity index (χ0n) is 6.31. The summed E-state index contributed by atoms with van der Waals surface area (Å²) in [5.41, 5.74) is 0. The van der Waals surface area contributed by atoms with Crippen LogP contribution in [0.25, 0.3) is 0 Å². The standard InChI is InChI=1S/C7H16N/c1-6(2)8(5)7(3)4/h6-7H,5H2,1-4H3/q+1. The molecule has 0 saturated carbocycles. The predicted octanol–water partition coefficient (Wildman–Crippen LogP) is 1.52. The van der Waals surface area contributed by atoms with E-state index < -0.39 is 0 Å². The van der Waals surface area contributed by atoms with Gasteiger partial charge in [-0.05, 0) is 27.7 Å². The van der Waals surface area contributed by atoms with Gasteiger partial charge in [-0.25, -0.2) is 4.58 Å². The Balaban J connectivity index is 3.65. The first-order valence-corrected chi connectivity index (χ1v) is 3.14. The van der Waals surface area contributed by atoms with Gasteiger partial charge in [0.1, 0.15) is 18.8 Å². The first-order chi connectivity index (χ1) is 3.55. The molecule has 0 aliphatic carbocycles. The molecule has 0 N–H and O–H groups in total. The van der Waals surface area contributed by atoms with Gasteiger partial charge in [0.25, 0.3) is 0 Å². The molecule has 0 amide bonds. The maximum atomic E-state index is 3.87. The lowest BCUT2D eigenvalue weighted by Crippen LogP contribution is -2.25. The van der Waals surface area contributed by atoms with Crippen LogP contribution in [0.5, 0.6) is 0 Å². The Morgan fingerprint density at radius 3 is 1.25 bits per heavy atom. The minimum atomic E-state index is 0.565. The van der Waals surface area contributed by atoms with E-state index in [1.807, 2.05) is 0 Å². The summed E-state index contributed by atoms with van der Waals surface area (Å²) < 4.78 is 2.08. The third-order valence-electron chi connectivity index (χ3n) is 1.33. The van der Waals surface area contributed by atoms with Crippen molar-refractivity contribution < 1.29 is 4.58 Å². The van der Waals surface area contributed by atoms with Crippen molar-refractivity contribution in [3.63, 3.8) is 0 Å². The molecule has 0 aromatic heterocycles. The fourth-order valence-electron chi connectivity index (χ4n) is 0.596. The van der Waals surface area contributed by atoms with Gasteiger partial charge in [0, 0.05) is 0 Å². The molecule has 0 saturated heterocycles. The van der Waals surface area contributed by atoms with E-state index in [9.17, 15) is 0 Å². The van der Waals surface area contributed by atoms with Crippen LogP contribution in [0.15, 0.2) is 0 Å². The van der Waals surface area contributed by atoms with Crippen molar-refractivity contribution in [2.45, 2.75) is 39.8 Å². The average Bonchev–Trinajstić information content (AvgIpc) is 1.64. The van der Waals surface area contributed by atoms with Crippen LogP contribution in [0.2, 0.25) is 0 Å². The molecule has 0 spiro atoms. The fourth-order valence-corrected chi connectivity index (χ4v) is 0.596. The molecule has 1 heteroatoms. The van der Waals surface area contributed by atoms with E-state index in [4.69, 9.17) is 0 Å². The van der Waals surface area contributed by atoms with Crippen LogP contribution >= 0.6 is 0 Å². The Kier molecular flexibility index (Phi) is 2.74. The molecule has 0 heterocycles. The van der Waals surface area contributed by atoms with Gasteiger partial charge in [-0.3, -0.25) is 0 Å². The first-order valence-electron chi connectivity index (χ1n) is 3.14. The summed E-state index contributed by atoms with van der Waals surface area (Å²) >= 11 is 0. The number of rotatable bonds is 2. The quantitative estimate of drug-likeness (QED) is 0.378. The summed E-state index contributed by atoms with van der Waals surface area (Å²) in [6.45, 7) is 12.5. The van der Waals surface area contributed by atoms with E-state index in [0.717, 1.165) is 0 Å². The first kappa shape index (κ1) is 7.67. The molecule has 0 atom stereocenters. The molecule has 0 aromatic carbocycles. The minimum absolute atomic E-state index is 0.565. The summed E-state index contributed by atoms with van der Waals surface area (Å²) in [6, 6.07) is 1.13. The Labute approximate surface area is 52.0 Å². The smallest absolute Gasteiger partial charge is 0.146 e. The van der Waals surface area contributed by atoms with Gasteiger partial charge in [0.05, 0.1) is 0 Å². The van der Waals surface area contributed by atoms with E-state index in [1.54, 1.807) is 0 Å². The van der Waals surface area contributed by atoms with Gasteiger partial charge < -0.3 is 0 Å². The number of nitrogens with zero attached hydrogens (tertiary/aromatic N) is 1. The minimum Gasteiger partial charge on any atom is -0.238 e. The maximum Gasteiger partial charge on any atom is 0.146 e. The van der Waals surface area contributed by atoms with Crippen LogP contribution in [-0.2, 0) is 0 Å². The SMILES string of the molecule is C=[N+](C(C)C)C(C)C. The molecule has 0 unspecified atom stereocenters. The molecular formula is C7H16N+. The second-order valence-corrected chi connectivity index (χ2v) is 2.70. The topological polar surface area (TPSA) is 3.01 Å². The van der Waals surface area contributed by atoms with Crippen LogP contribution in [0, 0.1) is 0 Å². The highest BCUT2D eigenvalue weighted by atomic mass is 15.0. The Morgan fingerprint density at radius 2 is 1.25 bits per heavy atom. The van der Waals surface area contributed by atoms with Crippen LogP contribution in [0.4, 0.5) is 0 Å². The lowest BCUT2D eigenvalue weighted by molar-refractivity contribution is -0.579. The molecule has 1 nitrogen and oxygen atoms in total. The molecular weight excluding hydrogens is 98.1 g/mol. The molecule has 48 valence electrons. The third-order valence-corrected chi connectivity index (χ3v) is 1.33. The number of hydrogen-bond donors (Lipinski definition) is 0. The van der Waals surface area contributed by atoms with Gasteiger partial charge in [0.15, 0.2) is 0 Å². The van der Waals surface area contributed by atoms with Gasteiger partial charge in [-0.2, -0.15) is 0 Å². The molecule has 0 aromatic rings. The van der Waals surface area contributed by atoms with Crippen molar-refractivity contribution in [3.8, 4) is 0 Å². The van der Waals surface area contributed by atoms with Crippen molar-refractivity contribution in [2.75, 3.05) is 0 Å². The average molecular weight is 114 g/mol. The van der Waals surface area contributed by atoms with Gasteiger partial charge in [-0.15, -0.1) is 0 Å². The molecule has 0 aliphatic rings. The monoisotopic (exact) mass is 114 g/mol. The highest BCUT2D eigenvalue weighted by Gasteiger charge is 2.08. The second-order valence-electron chi connectivity index (χ2n) is 2.70. The zero-order chi connectivity index (χ0) is 6.73. The van der Waals surface area contributed by atoms with Crippen LogP contribution in [0.1, 0.15) is 27.7 Å². The normalized spacial score (nSPS) is 10.8. The van der Waals surface area contributed by atoms with Crippen molar-refractivity contribution in [1.82, 2.24) is 0 Å². The molecule has 0 rings (SSSR count). The molecule has 0 bridgehead atoms. The van der Waals surface area contributed by atoms with Crippen molar-refractivity contribution >= 4 is 6.72 Å². The van der Waals surface area contributed by atoms with Gasteiger partial charge in [0.2, 0.25) is 0 Å². The highest BCUT2D eigenvalue weighted by Crippen LogP contribution is 1.92. The fraction of sp³-hybridized carbons (Fsp3) is 0.857. The summed E-state index contributed by atoms with van der Waals surface area (Å²) in [6.07, 6.45) is 0. The Hall–Kier alpha value is -0.330. The maximum absolute atomic E-state index is 3.87. The van der Waals surface area contributed by atoms with E-state index in [2.05, 4.69) is 39.0 Å². The Morgan fingerprint density at radius 1 is 1.00 bits per heavy atom. The van der Waals surface area contributed by atoms with Crippen molar-refractivity contribution in [2.24, 2.45) is 0 Å². The van der Waals surface area contributed by atoms with E-state index >= 15 is 0 Å². The summed E-state index contributed by atoms with van der Waals surface area (Å²) in [5, 5.41) is 0. The largest absolute Gasteiger partial charge is 0.238 e. The van der Waals surface area contributed by atoms with E-state index in [-0.39, 0.29) is 0 Å². The van der Waals surface area contributed by atoms with Gasteiger partial charge >= 0.3 is 0 Å². The van der Waals surface area contributed by atoms with Crippen molar-refractivity contribution in [1.29, 1.82) is 0 Å². The third kappa shape index (κ3) is 2.10. The summed E-state index contributed by atoms with van der Waals surface area (Å²) in [5.74, 6) is 0. The molecule has 0 radical (unpaired) electrons. The van der Waals surface area contributed by atoms with Gasteiger partial charge in [-0.1, -0.05) is 0 Å². The van der Waals surface area contributed by atoms with E-state index in [1.165, 1.54) is 0 Å². The predicted molar refractivity (Wildman–Crippen MR) is 37.7 cm³/mol. The molecule has 0 fully saturated rings. The highest BCUT2D eigenvalue weighted by molar-refractivity contribution is 5.14. The lowest BCUT2D eigenvalue weighted by Gasteiger charge is -2.07. The molecule has 8 heavy (non-hydrogen) atoms. The lowest BCUT2D eigenvalue weighted by atomic mass is 10.3. The van der Waals surface area contributed by atoms with Crippen LogP contribution in [-0.4, -0.2) is 23.4 Å². The Bertz CT molecular complexity index is 72.4. The number of hydrogen-bond acceptors (Lipinski definition) is 0. The van der Waals surface area contributed by atoms with E-state index in [0.29, 0.717) is 12.1 Å². The summed E-state index contributed by atoms with van der Waals surface area (Å²) in [4.78, 5) is 0. The summed E-state index contributed by atoms with van der Waals surface area (Å²) in [7, 11) is 0.